The van der Waals surface area contributed by atoms with Crippen LogP contribution in [0.4, 0.5) is 0 Å². The van der Waals surface area contributed by atoms with Crippen molar-refractivity contribution in [1.29, 1.82) is 0 Å². The van der Waals surface area contributed by atoms with Crippen LogP contribution in [0.1, 0.15) is 28.3 Å². The maximum Gasteiger partial charge on any atom is 0.0656 e. The van der Waals surface area contributed by atoms with Gasteiger partial charge in [0, 0.05) is 13.3 Å². The van der Waals surface area contributed by atoms with Crippen LogP contribution in [0.3, 0.4) is 0 Å². The molecule has 0 radical (unpaired) electrons. The van der Waals surface area contributed by atoms with Crippen LogP contribution >= 0.6 is 33.9 Å². The van der Waals surface area contributed by atoms with Crippen molar-refractivity contribution in [1.82, 2.24) is 0 Å². The third kappa shape index (κ3) is 2.47. The van der Waals surface area contributed by atoms with E-state index in [0.29, 0.717) is 0 Å². The van der Waals surface area contributed by atoms with Gasteiger partial charge in [0.2, 0.25) is 0 Å². The molecule has 0 fully saturated rings. The van der Waals surface area contributed by atoms with E-state index in [4.69, 9.17) is 5.73 Å². The second-order valence-electron chi connectivity index (χ2n) is 3.66. The highest BCUT2D eigenvalue weighted by Crippen LogP contribution is 2.29. The average molecular weight is 343 g/mol. The van der Waals surface area contributed by atoms with Crippen molar-refractivity contribution in [3.05, 3.63) is 55.3 Å². The monoisotopic (exact) mass is 343 g/mol. The zero-order valence-corrected chi connectivity index (χ0v) is 12.1. The Kier molecular flexibility index (Phi) is 4.00. The molecule has 1 aromatic carbocycles. The van der Waals surface area contributed by atoms with Crippen LogP contribution in [0.15, 0.2) is 36.4 Å². The Morgan fingerprint density at radius 2 is 2.00 bits per heavy atom. The molecule has 1 aromatic heterocycles. The number of thiophene rings is 1. The van der Waals surface area contributed by atoms with Crippen LogP contribution in [0, 0.1) is 3.57 Å². The van der Waals surface area contributed by atoms with Gasteiger partial charge in [-0.2, -0.15) is 0 Å². The topological polar surface area (TPSA) is 26.0 Å². The van der Waals surface area contributed by atoms with E-state index in [-0.39, 0.29) is 6.04 Å². The fourth-order valence-corrected chi connectivity index (χ4v) is 3.33. The Hall–Kier alpha value is -0.390. The molecular weight excluding hydrogens is 329 g/mol. The predicted molar refractivity (Wildman–Crippen MR) is 78.9 cm³/mol. The summed E-state index contributed by atoms with van der Waals surface area (Å²) in [5, 5.41) is 0. The summed E-state index contributed by atoms with van der Waals surface area (Å²) >= 11 is 4.16. The van der Waals surface area contributed by atoms with Gasteiger partial charge in [-0.15, -0.1) is 11.3 Å². The summed E-state index contributed by atoms with van der Waals surface area (Å²) in [6, 6.07) is 12.6. The Morgan fingerprint density at radius 1 is 1.25 bits per heavy atom. The zero-order valence-electron chi connectivity index (χ0n) is 9.11. The largest absolute Gasteiger partial charge is 0.320 e. The molecule has 0 saturated carbocycles. The highest BCUT2D eigenvalue weighted by Gasteiger charge is 2.13. The third-order valence-corrected chi connectivity index (χ3v) is 4.87. The lowest BCUT2D eigenvalue weighted by atomic mass is 10.1. The quantitative estimate of drug-likeness (QED) is 0.839. The average Bonchev–Trinajstić information content (AvgIpc) is 2.77. The SMILES string of the molecule is CCc1ccc(C(N)c2ccccc2I)s1. The van der Waals surface area contributed by atoms with Crippen molar-refractivity contribution in [2.45, 2.75) is 19.4 Å². The molecule has 0 aliphatic rings. The van der Waals surface area contributed by atoms with Gasteiger partial charge < -0.3 is 5.73 Å². The Balaban J connectivity index is 2.31. The van der Waals surface area contributed by atoms with Crippen molar-refractivity contribution in [2.75, 3.05) is 0 Å². The number of benzene rings is 1. The van der Waals surface area contributed by atoms with Crippen molar-refractivity contribution >= 4 is 33.9 Å². The smallest absolute Gasteiger partial charge is 0.0656 e. The summed E-state index contributed by atoms with van der Waals surface area (Å²) in [7, 11) is 0. The summed E-state index contributed by atoms with van der Waals surface area (Å²) in [4.78, 5) is 2.65. The van der Waals surface area contributed by atoms with Gasteiger partial charge in [-0.3, -0.25) is 0 Å². The highest BCUT2D eigenvalue weighted by atomic mass is 127. The minimum Gasteiger partial charge on any atom is -0.320 e. The van der Waals surface area contributed by atoms with Crippen molar-refractivity contribution in [2.24, 2.45) is 5.73 Å². The highest BCUT2D eigenvalue weighted by molar-refractivity contribution is 14.1. The van der Waals surface area contributed by atoms with E-state index in [2.05, 4.69) is 53.8 Å². The predicted octanol–water partition coefficient (Wildman–Crippen LogP) is 3.96. The first-order valence-electron chi connectivity index (χ1n) is 5.31. The number of hydrogen-bond acceptors (Lipinski definition) is 2. The maximum atomic E-state index is 6.29. The van der Waals surface area contributed by atoms with Crippen LogP contribution in [-0.4, -0.2) is 0 Å². The van der Waals surface area contributed by atoms with E-state index in [1.807, 2.05) is 23.5 Å². The Bertz CT molecular complexity index is 478. The molecule has 84 valence electrons. The van der Waals surface area contributed by atoms with E-state index in [1.54, 1.807) is 0 Å². The van der Waals surface area contributed by atoms with Crippen molar-refractivity contribution < 1.29 is 0 Å². The molecule has 0 aliphatic heterocycles. The molecule has 0 amide bonds. The molecule has 1 nitrogen and oxygen atoms in total. The molecule has 0 bridgehead atoms. The second kappa shape index (κ2) is 5.29. The lowest BCUT2D eigenvalue weighted by Crippen LogP contribution is -2.11. The Labute approximate surface area is 114 Å². The lowest BCUT2D eigenvalue weighted by molar-refractivity contribution is 0.887. The summed E-state index contributed by atoms with van der Waals surface area (Å²) in [6.07, 6.45) is 1.09. The molecule has 0 aliphatic carbocycles. The third-order valence-electron chi connectivity index (χ3n) is 2.58. The molecule has 1 atom stereocenters. The Morgan fingerprint density at radius 3 is 2.62 bits per heavy atom. The van der Waals surface area contributed by atoms with E-state index < -0.39 is 0 Å². The summed E-state index contributed by atoms with van der Waals surface area (Å²) in [5.41, 5.74) is 7.51. The molecule has 2 rings (SSSR count). The fraction of sp³-hybridized carbons (Fsp3) is 0.231. The zero-order chi connectivity index (χ0) is 11.5. The van der Waals surface area contributed by atoms with E-state index >= 15 is 0 Å². The summed E-state index contributed by atoms with van der Waals surface area (Å²) in [6.45, 7) is 2.17. The second-order valence-corrected chi connectivity index (χ2v) is 6.02. The maximum absolute atomic E-state index is 6.29. The molecule has 2 aromatic rings. The van der Waals surface area contributed by atoms with Crippen molar-refractivity contribution in [3.8, 4) is 0 Å². The standard InChI is InChI=1S/C13H14INS/c1-2-9-7-8-12(16-9)13(15)10-5-3-4-6-11(10)14/h3-8,13H,2,15H2,1H3. The van der Waals surface area contributed by atoms with Crippen LogP contribution in [0.5, 0.6) is 0 Å². The van der Waals surface area contributed by atoms with Crippen LogP contribution in [0.25, 0.3) is 0 Å². The van der Waals surface area contributed by atoms with Crippen LogP contribution in [0.2, 0.25) is 0 Å². The number of nitrogens with two attached hydrogens (primary N) is 1. The molecular formula is C13H14INS. The molecule has 1 unspecified atom stereocenters. The molecule has 3 heteroatoms. The van der Waals surface area contributed by atoms with Gasteiger partial charge in [-0.1, -0.05) is 25.1 Å². The van der Waals surface area contributed by atoms with Crippen molar-refractivity contribution in [3.63, 3.8) is 0 Å². The number of rotatable bonds is 3. The minimum atomic E-state index is 0.0124. The van der Waals surface area contributed by atoms with Gasteiger partial charge in [0.1, 0.15) is 0 Å². The first kappa shape index (κ1) is 12.1. The van der Waals surface area contributed by atoms with E-state index in [0.717, 1.165) is 6.42 Å². The van der Waals surface area contributed by atoms with Crippen LogP contribution < -0.4 is 5.73 Å². The van der Waals surface area contributed by atoms with Gasteiger partial charge in [-0.05, 0) is 52.8 Å². The number of aryl methyl sites for hydroxylation is 1. The molecule has 16 heavy (non-hydrogen) atoms. The van der Waals surface area contributed by atoms with Gasteiger partial charge in [-0.25, -0.2) is 0 Å². The van der Waals surface area contributed by atoms with Gasteiger partial charge in [0.25, 0.3) is 0 Å². The molecule has 0 spiro atoms. The fourth-order valence-electron chi connectivity index (χ4n) is 1.63. The van der Waals surface area contributed by atoms with Crippen LogP contribution in [-0.2, 0) is 6.42 Å². The number of halogens is 1. The molecule has 2 N–H and O–H groups in total. The first-order chi connectivity index (χ1) is 7.72. The normalized spacial score (nSPS) is 12.7. The van der Waals surface area contributed by atoms with Gasteiger partial charge >= 0.3 is 0 Å². The summed E-state index contributed by atoms with van der Waals surface area (Å²) < 4.78 is 1.24. The van der Waals surface area contributed by atoms with E-state index in [1.165, 1.54) is 18.9 Å². The molecule has 1 heterocycles. The summed E-state index contributed by atoms with van der Waals surface area (Å²) in [5.74, 6) is 0. The first-order valence-corrected chi connectivity index (χ1v) is 7.20. The van der Waals surface area contributed by atoms with E-state index in [9.17, 15) is 0 Å². The lowest BCUT2D eigenvalue weighted by Gasteiger charge is -2.11. The minimum absolute atomic E-state index is 0.0124. The number of hydrogen-bond donors (Lipinski definition) is 1. The van der Waals surface area contributed by atoms with Gasteiger partial charge in [0.05, 0.1) is 6.04 Å². The van der Waals surface area contributed by atoms with Gasteiger partial charge in [0.15, 0.2) is 0 Å². The molecule has 0 saturated heterocycles.